The highest BCUT2D eigenvalue weighted by molar-refractivity contribution is 5.04. The largest absolute Gasteiger partial charge is 0.312 e. The molecule has 1 unspecified atom stereocenters. The zero-order valence-corrected chi connectivity index (χ0v) is 13.4. The van der Waals surface area contributed by atoms with Crippen LogP contribution in [-0.2, 0) is 13.1 Å². The molecule has 1 N–H and O–H groups in total. The molecule has 1 aliphatic heterocycles. The van der Waals surface area contributed by atoms with E-state index in [1.54, 1.807) is 0 Å². The van der Waals surface area contributed by atoms with Crippen LogP contribution in [-0.4, -0.2) is 40.4 Å². The van der Waals surface area contributed by atoms with Crippen molar-refractivity contribution >= 4 is 0 Å². The van der Waals surface area contributed by atoms with Gasteiger partial charge in [-0.1, -0.05) is 19.3 Å². The Balaban J connectivity index is 1.58. The molecule has 4 heteroatoms. The zero-order chi connectivity index (χ0) is 14.5. The summed E-state index contributed by atoms with van der Waals surface area (Å²) in [5, 5.41) is 8.23. The number of aryl methyl sites for hydroxylation is 1. The van der Waals surface area contributed by atoms with E-state index in [9.17, 15) is 0 Å². The van der Waals surface area contributed by atoms with Crippen LogP contribution >= 0.6 is 0 Å². The molecule has 118 valence electrons. The van der Waals surface area contributed by atoms with Crippen molar-refractivity contribution in [1.29, 1.82) is 0 Å². The fourth-order valence-corrected chi connectivity index (χ4v) is 3.94. The van der Waals surface area contributed by atoms with Gasteiger partial charge >= 0.3 is 0 Å². The van der Waals surface area contributed by atoms with Gasteiger partial charge in [-0.3, -0.25) is 9.58 Å². The van der Waals surface area contributed by atoms with Crippen LogP contribution in [0.4, 0.5) is 0 Å². The Kier molecular flexibility index (Phi) is 5.31. The van der Waals surface area contributed by atoms with Gasteiger partial charge in [0.25, 0.3) is 0 Å². The first-order valence-electron chi connectivity index (χ1n) is 8.82. The molecule has 2 heterocycles. The molecule has 21 heavy (non-hydrogen) atoms. The average molecular weight is 290 g/mol. The topological polar surface area (TPSA) is 33.1 Å². The molecule has 0 aromatic carbocycles. The summed E-state index contributed by atoms with van der Waals surface area (Å²) in [5.74, 6) is 0.901. The summed E-state index contributed by atoms with van der Waals surface area (Å²) in [5.41, 5.74) is 1.36. The third kappa shape index (κ3) is 4.07. The van der Waals surface area contributed by atoms with Crippen LogP contribution in [0.5, 0.6) is 0 Å². The lowest BCUT2D eigenvalue weighted by Gasteiger charge is -2.32. The highest BCUT2D eigenvalue weighted by Crippen LogP contribution is 2.27. The van der Waals surface area contributed by atoms with E-state index in [0.717, 1.165) is 19.0 Å². The van der Waals surface area contributed by atoms with Gasteiger partial charge in [-0.15, -0.1) is 0 Å². The van der Waals surface area contributed by atoms with E-state index in [1.165, 1.54) is 63.7 Å². The van der Waals surface area contributed by atoms with Crippen LogP contribution in [0.1, 0.15) is 51.0 Å². The van der Waals surface area contributed by atoms with Crippen molar-refractivity contribution in [2.45, 2.75) is 64.6 Å². The zero-order valence-electron chi connectivity index (χ0n) is 13.4. The predicted molar refractivity (Wildman–Crippen MR) is 86.2 cm³/mol. The lowest BCUT2D eigenvalue weighted by molar-refractivity contribution is 0.201. The van der Waals surface area contributed by atoms with Crippen molar-refractivity contribution in [3.63, 3.8) is 0 Å². The smallest absolute Gasteiger partial charge is 0.0534 e. The van der Waals surface area contributed by atoms with Crippen LogP contribution in [0, 0.1) is 5.92 Å². The molecule has 0 bridgehead atoms. The molecule has 2 aliphatic rings. The van der Waals surface area contributed by atoms with E-state index in [1.807, 2.05) is 10.9 Å². The van der Waals surface area contributed by atoms with Crippen molar-refractivity contribution in [2.24, 2.45) is 5.92 Å². The van der Waals surface area contributed by atoms with Gasteiger partial charge < -0.3 is 5.32 Å². The van der Waals surface area contributed by atoms with E-state index < -0.39 is 0 Å². The molecular weight excluding hydrogens is 260 g/mol. The molecule has 1 aromatic heterocycles. The van der Waals surface area contributed by atoms with E-state index in [4.69, 9.17) is 0 Å². The molecule has 0 radical (unpaired) electrons. The maximum Gasteiger partial charge on any atom is 0.0534 e. The first-order valence-corrected chi connectivity index (χ1v) is 8.82. The van der Waals surface area contributed by atoms with Gasteiger partial charge in [0.15, 0.2) is 0 Å². The second-order valence-electron chi connectivity index (χ2n) is 6.75. The summed E-state index contributed by atoms with van der Waals surface area (Å²) in [6.07, 6.45) is 12.7. The van der Waals surface area contributed by atoms with E-state index in [0.29, 0.717) is 6.04 Å². The summed E-state index contributed by atoms with van der Waals surface area (Å²) < 4.78 is 2.03. The minimum Gasteiger partial charge on any atom is -0.312 e. The molecule has 1 atom stereocenters. The quantitative estimate of drug-likeness (QED) is 0.925. The Morgan fingerprint density at radius 3 is 2.86 bits per heavy atom. The maximum absolute atomic E-state index is 4.41. The fraction of sp³-hybridized carbons (Fsp3) is 0.824. The molecule has 3 rings (SSSR count). The monoisotopic (exact) mass is 290 g/mol. The third-order valence-electron chi connectivity index (χ3n) is 5.15. The van der Waals surface area contributed by atoms with Crippen molar-refractivity contribution in [3.8, 4) is 0 Å². The van der Waals surface area contributed by atoms with Crippen LogP contribution in [0.15, 0.2) is 12.4 Å². The second kappa shape index (κ2) is 7.41. The van der Waals surface area contributed by atoms with Crippen molar-refractivity contribution < 1.29 is 0 Å². The van der Waals surface area contributed by atoms with E-state index in [2.05, 4.69) is 28.4 Å². The highest BCUT2D eigenvalue weighted by atomic mass is 15.3. The number of hydrogen-bond acceptors (Lipinski definition) is 3. The van der Waals surface area contributed by atoms with Gasteiger partial charge in [0.2, 0.25) is 0 Å². The average Bonchev–Trinajstić information content (AvgIpc) is 2.85. The molecule has 4 nitrogen and oxygen atoms in total. The van der Waals surface area contributed by atoms with Gasteiger partial charge in [-0.05, 0) is 45.2 Å². The minimum absolute atomic E-state index is 0.703. The Labute approximate surface area is 128 Å². The molecular formula is C17H30N4. The van der Waals surface area contributed by atoms with Crippen LogP contribution in [0.25, 0.3) is 0 Å². The summed E-state index contributed by atoms with van der Waals surface area (Å²) in [7, 11) is 0. The number of rotatable bonds is 4. The number of hydrogen-bond donors (Lipinski definition) is 1. The highest BCUT2D eigenvalue weighted by Gasteiger charge is 2.26. The molecule has 1 aromatic rings. The fourth-order valence-electron chi connectivity index (χ4n) is 3.94. The maximum atomic E-state index is 4.41. The van der Waals surface area contributed by atoms with E-state index >= 15 is 0 Å². The summed E-state index contributed by atoms with van der Waals surface area (Å²) >= 11 is 0. The minimum atomic E-state index is 0.703. The predicted octanol–water partition coefficient (Wildman–Crippen LogP) is 2.65. The third-order valence-corrected chi connectivity index (χ3v) is 5.15. The Hall–Kier alpha value is -0.870. The molecule has 0 amide bonds. The normalized spacial score (nSPS) is 25.9. The number of nitrogens with one attached hydrogen (secondary N) is 1. The number of aromatic nitrogens is 2. The second-order valence-corrected chi connectivity index (χ2v) is 6.75. The number of nitrogens with zero attached hydrogens (tertiary/aromatic N) is 3. The molecule has 1 saturated carbocycles. The van der Waals surface area contributed by atoms with Crippen LogP contribution < -0.4 is 5.32 Å². The molecule has 1 saturated heterocycles. The summed E-state index contributed by atoms with van der Waals surface area (Å²) in [4.78, 5) is 2.64. The van der Waals surface area contributed by atoms with Crippen LogP contribution in [0.2, 0.25) is 0 Å². The van der Waals surface area contributed by atoms with E-state index in [-0.39, 0.29) is 0 Å². The molecule has 1 aliphatic carbocycles. The van der Waals surface area contributed by atoms with Crippen molar-refractivity contribution in [2.75, 3.05) is 19.6 Å². The van der Waals surface area contributed by atoms with Gasteiger partial charge in [0, 0.05) is 37.4 Å². The lowest BCUT2D eigenvalue weighted by atomic mass is 9.83. The van der Waals surface area contributed by atoms with Crippen molar-refractivity contribution in [1.82, 2.24) is 20.0 Å². The Bertz CT molecular complexity index is 422. The summed E-state index contributed by atoms with van der Waals surface area (Å²) in [6.45, 7) is 7.78. The lowest BCUT2D eigenvalue weighted by Crippen LogP contribution is -2.43. The standard InChI is InChI=1S/C17H30N4/c1-2-21-13-15(11-19-21)12-20-10-6-9-18-17(14-20)16-7-4-3-5-8-16/h11,13,16-18H,2-10,12,14H2,1H3. The van der Waals surface area contributed by atoms with Gasteiger partial charge in [-0.25, -0.2) is 0 Å². The summed E-state index contributed by atoms with van der Waals surface area (Å²) in [6, 6.07) is 0.703. The van der Waals surface area contributed by atoms with Gasteiger partial charge in [0.05, 0.1) is 6.20 Å². The van der Waals surface area contributed by atoms with Gasteiger partial charge in [0.1, 0.15) is 0 Å². The SMILES string of the molecule is CCn1cc(CN2CCCNC(C3CCCCC3)C2)cn1. The Morgan fingerprint density at radius 1 is 1.24 bits per heavy atom. The molecule has 2 fully saturated rings. The first kappa shape index (κ1) is 15.0. The van der Waals surface area contributed by atoms with Crippen LogP contribution in [0.3, 0.4) is 0 Å². The van der Waals surface area contributed by atoms with Gasteiger partial charge in [-0.2, -0.15) is 5.10 Å². The first-order chi connectivity index (χ1) is 10.3. The Morgan fingerprint density at radius 2 is 2.10 bits per heavy atom. The molecule has 0 spiro atoms. The van der Waals surface area contributed by atoms with Crippen molar-refractivity contribution in [3.05, 3.63) is 18.0 Å².